The number of carbonyl (C=O) groups is 1. The van der Waals surface area contributed by atoms with Gasteiger partial charge in [0.05, 0.1) is 28.5 Å². The van der Waals surface area contributed by atoms with Crippen molar-refractivity contribution in [1.82, 2.24) is 35.1 Å². The maximum Gasteiger partial charge on any atom is 0.224 e. The van der Waals surface area contributed by atoms with E-state index < -0.39 is 5.82 Å². The van der Waals surface area contributed by atoms with E-state index in [1.165, 1.54) is 30.7 Å². The molecule has 0 saturated heterocycles. The molecule has 0 aliphatic carbocycles. The van der Waals surface area contributed by atoms with E-state index in [4.69, 9.17) is 0 Å². The average Bonchev–Trinajstić information content (AvgIpc) is 3.53. The number of imidazole rings is 1. The highest BCUT2D eigenvalue weighted by Gasteiger charge is 2.22. The zero-order chi connectivity index (χ0) is 28.0. The Bertz CT molecular complexity index is 1890. The number of amides is 1. The van der Waals surface area contributed by atoms with Crippen LogP contribution in [0.5, 0.6) is 0 Å². The molecule has 3 N–H and O–H groups in total. The van der Waals surface area contributed by atoms with Crippen molar-refractivity contribution in [3.63, 3.8) is 0 Å². The fraction of sp³-hybridized carbons (Fsp3) is 0.172. The topological polar surface area (TPSA) is 125 Å². The first-order valence-corrected chi connectivity index (χ1v) is 12.6. The Morgan fingerprint density at radius 1 is 1.00 bits per heavy atom. The monoisotopic (exact) mass is 538 g/mol. The van der Waals surface area contributed by atoms with Crippen LogP contribution in [0.2, 0.25) is 0 Å². The molecule has 5 heterocycles. The van der Waals surface area contributed by atoms with Gasteiger partial charge in [0.2, 0.25) is 5.91 Å². The molecule has 6 rings (SSSR count). The Labute approximate surface area is 227 Å². The minimum Gasteiger partial charge on any atom is -0.337 e. The molecule has 200 valence electrons. The van der Waals surface area contributed by atoms with E-state index in [0.717, 1.165) is 0 Å². The molecule has 0 saturated carbocycles. The quantitative estimate of drug-likeness (QED) is 0.237. The lowest BCUT2D eigenvalue weighted by molar-refractivity contribution is -0.117. The summed E-state index contributed by atoms with van der Waals surface area (Å²) >= 11 is 0. The number of fused-ring (bicyclic) bond motifs is 2. The van der Waals surface area contributed by atoms with E-state index in [1.54, 1.807) is 30.5 Å². The van der Waals surface area contributed by atoms with Crippen molar-refractivity contribution in [3.8, 4) is 33.9 Å². The number of hydrogen-bond donors (Lipinski definition) is 3. The largest absolute Gasteiger partial charge is 0.337 e. The maximum atomic E-state index is 16.1. The summed E-state index contributed by atoms with van der Waals surface area (Å²) in [5, 5.41) is 10.0. The number of hydrogen-bond acceptors (Lipinski definition) is 6. The Morgan fingerprint density at radius 3 is 2.58 bits per heavy atom. The van der Waals surface area contributed by atoms with Gasteiger partial charge >= 0.3 is 0 Å². The molecule has 5 aromatic heterocycles. The van der Waals surface area contributed by atoms with Crippen molar-refractivity contribution in [2.45, 2.75) is 27.2 Å². The summed E-state index contributed by atoms with van der Waals surface area (Å²) in [5.74, 6) is -0.731. The number of pyridine rings is 3. The average molecular weight is 539 g/mol. The van der Waals surface area contributed by atoms with Gasteiger partial charge in [-0.1, -0.05) is 20.8 Å². The molecule has 1 amide bonds. The standard InChI is InChI=1S/C29H24F2N8O/c1-29(2,3)11-21(40)35-18-10-16(12-32-13-18)19-14-34-27-22(23(19)31)26(38-39-27)28-36-20-8-9-33-24(25(20)37-28)15-4-6-17(30)7-5-15/h4-10,12-14H,11H2,1-3H3,(H,35,40)(H,36,37)(H,34,38,39). The molecule has 1 aromatic carbocycles. The van der Waals surface area contributed by atoms with Crippen LogP contribution in [0, 0.1) is 17.0 Å². The Morgan fingerprint density at radius 2 is 1.80 bits per heavy atom. The number of nitrogens with zero attached hydrogens (tertiary/aromatic N) is 5. The summed E-state index contributed by atoms with van der Waals surface area (Å²) in [6.07, 6.45) is 6.35. The Kier molecular flexibility index (Phi) is 6.05. The Balaban J connectivity index is 1.40. The van der Waals surface area contributed by atoms with E-state index in [1.807, 2.05) is 20.8 Å². The van der Waals surface area contributed by atoms with E-state index in [0.29, 0.717) is 51.5 Å². The minimum absolute atomic E-state index is 0.148. The van der Waals surface area contributed by atoms with Crippen LogP contribution in [0.3, 0.4) is 0 Å². The summed E-state index contributed by atoms with van der Waals surface area (Å²) in [7, 11) is 0. The predicted octanol–water partition coefficient (Wildman–Crippen LogP) is 6.28. The van der Waals surface area contributed by atoms with Gasteiger partial charge in [-0.25, -0.2) is 18.7 Å². The van der Waals surface area contributed by atoms with Crippen molar-refractivity contribution >= 4 is 33.7 Å². The second kappa shape index (κ2) is 9.60. The third-order valence-electron chi connectivity index (χ3n) is 6.30. The van der Waals surface area contributed by atoms with Crippen molar-refractivity contribution in [3.05, 3.63) is 72.8 Å². The van der Waals surface area contributed by atoms with Crippen LogP contribution in [0.1, 0.15) is 27.2 Å². The van der Waals surface area contributed by atoms with E-state index in [-0.39, 0.29) is 33.7 Å². The van der Waals surface area contributed by atoms with Gasteiger partial charge in [-0.15, -0.1) is 0 Å². The van der Waals surface area contributed by atoms with Crippen LogP contribution in [-0.4, -0.2) is 41.0 Å². The summed E-state index contributed by atoms with van der Waals surface area (Å²) in [5.41, 5.74) is 3.85. The third-order valence-corrected chi connectivity index (χ3v) is 6.30. The van der Waals surface area contributed by atoms with Gasteiger partial charge in [0.1, 0.15) is 22.8 Å². The lowest BCUT2D eigenvalue weighted by Crippen LogP contribution is -2.19. The molecule has 0 unspecified atom stereocenters. The van der Waals surface area contributed by atoms with Crippen LogP contribution in [-0.2, 0) is 4.79 Å². The summed E-state index contributed by atoms with van der Waals surface area (Å²) in [6, 6.07) is 9.37. The predicted molar refractivity (Wildman–Crippen MR) is 148 cm³/mol. The molecule has 0 fully saturated rings. The normalized spacial score (nSPS) is 11.8. The zero-order valence-corrected chi connectivity index (χ0v) is 21.9. The molecule has 0 atom stereocenters. The lowest BCUT2D eigenvalue weighted by atomic mass is 9.92. The number of halogens is 2. The summed E-state index contributed by atoms with van der Waals surface area (Å²) < 4.78 is 29.6. The Hall–Kier alpha value is -5.06. The first kappa shape index (κ1) is 25.2. The highest BCUT2D eigenvalue weighted by molar-refractivity contribution is 5.97. The van der Waals surface area contributed by atoms with Crippen LogP contribution in [0.15, 0.2) is 61.2 Å². The van der Waals surface area contributed by atoms with Gasteiger partial charge in [0.15, 0.2) is 11.5 Å². The molecule has 0 radical (unpaired) electrons. The second-order valence-corrected chi connectivity index (χ2v) is 10.7. The number of benzene rings is 1. The summed E-state index contributed by atoms with van der Waals surface area (Å²) in [4.78, 5) is 33.3. The number of H-pyrrole nitrogens is 2. The number of nitrogens with one attached hydrogen (secondary N) is 3. The molecule has 9 nitrogen and oxygen atoms in total. The number of aromatic amines is 2. The molecule has 0 spiro atoms. The van der Waals surface area contributed by atoms with E-state index in [2.05, 4.69) is 40.4 Å². The second-order valence-electron chi connectivity index (χ2n) is 10.7. The highest BCUT2D eigenvalue weighted by atomic mass is 19.1. The first-order chi connectivity index (χ1) is 19.2. The maximum absolute atomic E-state index is 16.1. The van der Waals surface area contributed by atoms with Crippen molar-refractivity contribution in [2.24, 2.45) is 5.41 Å². The zero-order valence-electron chi connectivity index (χ0n) is 21.9. The van der Waals surface area contributed by atoms with Crippen molar-refractivity contribution in [1.29, 1.82) is 0 Å². The highest BCUT2D eigenvalue weighted by Crippen LogP contribution is 2.34. The SMILES string of the molecule is CC(C)(C)CC(=O)Nc1cncc(-c2cnc3n[nH]c(-c4nc5c(-c6ccc(F)cc6)nccc5[nH]4)c3c2F)c1. The van der Waals surface area contributed by atoms with Gasteiger partial charge in [0.25, 0.3) is 0 Å². The first-order valence-electron chi connectivity index (χ1n) is 12.6. The van der Waals surface area contributed by atoms with Crippen molar-refractivity contribution < 1.29 is 13.6 Å². The van der Waals surface area contributed by atoms with E-state index in [9.17, 15) is 9.18 Å². The smallest absolute Gasteiger partial charge is 0.224 e. The molecule has 6 aromatic rings. The lowest BCUT2D eigenvalue weighted by Gasteiger charge is -2.17. The number of rotatable bonds is 5. The fourth-order valence-corrected chi connectivity index (χ4v) is 4.54. The van der Waals surface area contributed by atoms with Crippen LogP contribution in [0.25, 0.3) is 56.0 Å². The van der Waals surface area contributed by atoms with Gasteiger partial charge in [-0.3, -0.25) is 19.9 Å². The van der Waals surface area contributed by atoms with Gasteiger partial charge in [0, 0.05) is 41.7 Å². The molecule has 40 heavy (non-hydrogen) atoms. The van der Waals surface area contributed by atoms with Crippen LogP contribution in [0.4, 0.5) is 14.5 Å². The molecule has 0 bridgehead atoms. The van der Waals surface area contributed by atoms with E-state index >= 15 is 4.39 Å². The van der Waals surface area contributed by atoms with Crippen LogP contribution < -0.4 is 5.32 Å². The number of carbonyl (C=O) groups excluding carboxylic acids is 1. The number of aromatic nitrogens is 7. The van der Waals surface area contributed by atoms with Gasteiger partial charge in [-0.2, -0.15) is 5.10 Å². The molecule has 11 heteroatoms. The number of anilines is 1. The van der Waals surface area contributed by atoms with Crippen LogP contribution >= 0.6 is 0 Å². The third kappa shape index (κ3) is 4.77. The van der Waals surface area contributed by atoms with Crippen molar-refractivity contribution in [2.75, 3.05) is 5.32 Å². The van der Waals surface area contributed by atoms with Gasteiger partial charge in [-0.05, 0) is 41.8 Å². The molecule has 0 aliphatic rings. The van der Waals surface area contributed by atoms with Gasteiger partial charge < -0.3 is 10.3 Å². The fourth-order valence-electron chi connectivity index (χ4n) is 4.54. The minimum atomic E-state index is -0.564. The molecular weight excluding hydrogens is 514 g/mol. The molecule has 0 aliphatic heterocycles. The summed E-state index contributed by atoms with van der Waals surface area (Å²) in [6.45, 7) is 5.92. The molecular formula is C29H24F2N8O.